The molecule has 0 atom stereocenters. The first-order chi connectivity index (χ1) is 18.2. The molecule has 1 heterocycles. The predicted octanol–water partition coefficient (Wildman–Crippen LogP) is 3.49. The van der Waals surface area contributed by atoms with E-state index in [0.29, 0.717) is 34.6 Å². The maximum Gasteiger partial charge on any atom is 0.342 e. The molecule has 11 heteroatoms. The molecule has 5 N–H and O–H groups in total. The van der Waals surface area contributed by atoms with E-state index in [2.05, 4.69) is 21.8 Å². The van der Waals surface area contributed by atoms with E-state index in [4.69, 9.17) is 37.3 Å². The number of halogens is 1. The first kappa shape index (κ1) is 27.8. The molecule has 3 rings (SSSR count). The number of carboxylic acid groups (broad SMARTS) is 1. The molecule has 0 spiro atoms. The molecule has 0 aliphatic heterocycles. The Kier molecular flexibility index (Phi) is 9.13. The molecule has 0 saturated carbocycles. The minimum Gasteiger partial charge on any atom is -0.500 e. The summed E-state index contributed by atoms with van der Waals surface area (Å²) in [5, 5.41) is 9.39. The van der Waals surface area contributed by atoms with E-state index in [-0.39, 0.29) is 29.0 Å². The minimum absolute atomic E-state index is 0.00937. The molecule has 0 saturated heterocycles. The van der Waals surface area contributed by atoms with Gasteiger partial charge in [0.15, 0.2) is 11.5 Å². The van der Waals surface area contributed by atoms with Crippen molar-refractivity contribution in [1.82, 2.24) is 9.97 Å². The summed E-state index contributed by atoms with van der Waals surface area (Å²) in [6, 6.07) is 8.07. The van der Waals surface area contributed by atoms with Crippen LogP contribution in [0.2, 0.25) is 5.02 Å². The van der Waals surface area contributed by atoms with Crippen LogP contribution in [0.4, 0.5) is 11.8 Å². The molecule has 0 aliphatic carbocycles. The highest BCUT2D eigenvalue weighted by molar-refractivity contribution is 6.36. The molecular formula is C27H25ClN4O6. The largest absolute Gasteiger partial charge is 0.500 e. The Hall–Kier alpha value is -4.75. The lowest BCUT2D eigenvalue weighted by atomic mass is 10.0. The number of carboxylic acids is 1. The molecule has 0 fully saturated rings. The van der Waals surface area contributed by atoms with E-state index in [9.17, 15) is 14.7 Å². The van der Waals surface area contributed by atoms with Crippen molar-refractivity contribution >= 4 is 35.1 Å². The standard InChI is InChI=1S/C27H25ClN4O6/c1-4-38-14-20(26(34)35)23(33)19-8-6-15(11-21(19)28)5-7-17-9-16(12-22(36-2)24(17)37-3)10-18-13-31-27(30)32-25(18)29/h6,8-9,11-14H,4,10H2,1-3H3,(H,34,35)(H4,29,30,31,32). The Bertz CT molecular complexity index is 1480. The molecule has 196 valence electrons. The lowest BCUT2D eigenvalue weighted by Gasteiger charge is -2.13. The number of rotatable bonds is 9. The topological polar surface area (TPSA) is 160 Å². The normalized spacial score (nSPS) is 10.8. The molecule has 0 unspecified atom stereocenters. The zero-order valence-corrected chi connectivity index (χ0v) is 21.6. The second-order valence-electron chi connectivity index (χ2n) is 7.76. The van der Waals surface area contributed by atoms with Crippen LogP contribution in [0.3, 0.4) is 0 Å². The Labute approximate surface area is 224 Å². The number of anilines is 2. The zero-order valence-electron chi connectivity index (χ0n) is 20.9. The highest BCUT2D eigenvalue weighted by atomic mass is 35.5. The third kappa shape index (κ3) is 6.52. The van der Waals surface area contributed by atoms with E-state index in [1.807, 2.05) is 6.07 Å². The van der Waals surface area contributed by atoms with Crippen LogP contribution in [-0.4, -0.2) is 47.7 Å². The number of hydrogen-bond acceptors (Lipinski definition) is 9. The minimum atomic E-state index is -1.42. The van der Waals surface area contributed by atoms with Crippen molar-refractivity contribution in [3.63, 3.8) is 0 Å². The maximum absolute atomic E-state index is 12.7. The van der Waals surface area contributed by atoms with E-state index in [1.54, 1.807) is 25.3 Å². The summed E-state index contributed by atoms with van der Waals surface area (Å²) in [4.78, 5) is 32.1. The lowest BCUT2D eigenvalue weighted by molar-refractivity contribution is -0.132. The number of nitrogen functional groups attached to an aromatic ring is 2. The second kappa shape index (κ2) is 12.5. The Balaban J connectivity index is 1.97. The fourth-order valence-corrected chi connectivity index (χ4v) is 3.70. The molecule has 1 aromatic heterocycles. The van der Waals surface area contributed by atoms with Gasteiger partial charge >= 0.3 is 5.97 Å². The van der Waals surface area contributed by atoms with E-state index < -0.39 is 17.3 Å². The van der Waals surface area contributed by atoms with Gasteiger partial charge in [0, 0.05) is 29.3 Å². The van der Waals surface area contributed by atoms with Crippen LogP contribution < -0.4 is 20.9 Å². The average molecular weight is 537 g/mol. The summed E-state index contributed by atoms with van der Waals surface area (Å²) in [5.74, 6) is 5.08. The first-order valence-electron chi connectivity index (χ1n) is 11.2. The summed E-state index contributed by atoms with van der Waals surface area (Å²) in [7, 11) is 3.02. The van der Waals surface area contributed by atoms with Crippen molar-refractivity contribution in [3.05, 3.63) is 81.2 Å². The quantitative estimate of drug-likeness (QED) is 0.0921. The van der Waals surface area contributed by atoms with Crippen LogP contribution in [0.15, 0.2) is 48.4 Å². The molecule has 10 nitrogen and oxygen atoms in total. The van der Waals surface area contributed by atoms with Crippen LogP contribution in [0.25, 0.3) is 0 Å². The Morgan fingerprint density at radius 2 is 1.89 bits per heavy atom. The molecule has 38 heavy (non-hydrogen) atoms. The third-order valence-electron chi connectivity index (χ3n) is 5.25. The van der Waals surface area contributed by atoms with Gasteiger partial charge in [-0.3, -0.25) is 4.79 Å². The van der Waals surface area contributed by atoms with Gasteiger partial charge in [-0.25, -0.2) is 9.78 Å². The van der Waals surface area contributed by atoms with E-state index in [0.717, 1.165) is 11.8 Å². The highest BCUT2D eigenvalue weighted by Gasteiger charge is 2.22. The number of carbonyl (C=O) groups excluding carboxylic acids is 1. The SMILES string of the molecule is CCOC=C(C(=O)O)C(=O)c1ccc(C#Cc2cc(Cc3cnc(N)nc3N)cc(OC)c2OC)cc1Cl. The lowest BCUT2D eigenvalue weighted by Crippen LogP contribution is -2.13. The predicted molar refractivity (Wildman–Crippen MR) is 142 cm³/mol. The zero-order chi connectivity index (χ0) is 27.8. The van der Waals surface area contributed by atoms with Crippen molar-refractivity contribution in [2.45, 2.75) is 13.3 Å². The van der Waals surface area contributed by atoms with E-state index in [1.165, 1.54) is 26.4 Å². The summed E-state index contributed by atoms with van der Waals surface area (Å²) in [6.45, 7) is 1.88. The van der Waals surface area contributed by atoms with Gasteiger partial charge in [-0.1, -0.05) is 23.4 Å². The fraction of sp³-hybridized carbons (Fsp3) is 0.185. The number of ketones is 1. The number of methoxy groups -OCH3 is 2. The molecule has 0 aliphatic rings. The number of hydrogen-bond donors (Lipinski definition) is 3. The number of ether oxygens (including phenoxy) is 3. The van der Waals surface area contributed by atoms with Gasteiger partial charge in [-0.2, -0.15) is 4.98 Å². The molecule has 2 aromatic carbocycles. The van der Waals surface area contributed by atoms with Crippen molar-refractivity contribution < 1.29 is 28.9 Å². The van der Waals surface area contributed by atoms with Gasteiger partial charge in [0.1, 0.15) is 17.7 Å². The van der Waals surface area contributed by atoms with Crippen molar-refractivity contribution in [2.24, 2.45) is 0 Å². The third-order valence-corrected chi connectivity index (χ3v) is 5.56. The van der Waals surface area contributed by atoms with E-state index >= 15 is 0 Å². The Morgan fingerprint density at radius 3 is 2.50 bits per heavy atom. The first-order valence-corrected chi connectivity index (χ1v) is 11.6. The number of nitrogens with zero attached hydrogens (tertiary/aromatic N) is 2. The molecule has 3 aromatic rings. The van der Waals surface area contributed by atoms with Crippen LogP contribution in [0, 0.1) is 11.8 Å². The van der Waals surface area contributed by atoms with Gasteiger partial charge in [-0.05, 0) is 42.8 Å². The smallest absolute Gasteiger partial charge is 0.342 e. The number of benzene rings is 2. The Morgan fingerprint density at radius 1 is 1.13 bits per heavy atom. The van der Waals surface area contributed by atoms with Gasteiger partial charge < -0.3 is 30.8 Å². The number of Topliss-reactive ketones (excluding diaryl/α,β-unsaturated/α-hetero) is 1. The highest BCUT2D eigenvalue weighted by Crippen LogP contribution is 2.33. The molecular weight excluding hydrogens is 512 g/mol. The van der Waals surface area contributed by atoms with Crippen LogP contribution in [0.5, 0.6) is 11.5 Å². The number of aromatic nitrogens is 2. The molecule has 0 bridgehead atoms. The van der Waals surface area contributed by atoms with Crippen molar-refractivity contribution in [2.75, 3.05) is 32.3 Å². The van der Waals surface area contributed by atoms with Gasteiger partial charge in [0.2, 0.25) is 11.7 Å². The molecule has 0 radical (unpaired) electrons. The summed E-state index contributed by atoms with van der Waals surface area (Å²) in [6.07, 6.45) is 2.86. The number of carbonyl (C=O) groups is 2. The summed E-state index contributed by atoms with van der Waals surface area (Å²) >= 11 is 6.31. The number of aliphatic carboxylic acids is 1. The number of nitrogens with two attached hydrogens (primary N) is 2. The van der Waals surface area contributed by atoms with Gasteiger partial charge in [-0.15, -0.1) is 0 Å². The van der Waals surface area contributed by atoms with Gasteiger partial charge in [0.05, 0.1) is 31.4 Å². The second-order valence-corrected chi connectivity index (χ2v) is 8.17. The monoisotopic (exact) mass is 536 g/mol. The van der Waals surface area contributed by atoms with Crippen molar-refractivity contribution in [3.8, 4) is 23.3 Å². The summed E-state index contributed by atoms with van der Waals surface area (Å²) in [5.41, 5.74) is 13.5. The van der Waals surface area contributed by atoms with Gasteiger partial charge in [0.25, 0.3) is 0 Å². The van der Waals surface area contributed by atoms with Crippen molar-refractivity contribution in [1.29, 1.82) is 0 Å². The molecule has 0 amide bonds. The average Bonchev–Trinajstić information content (AvgIpc) is 2.88. The van der Waals surface area contributed by atoms with Crippen LogP contribution in [0.1, 0.15) is 39.5 Å². The van der Waals surface area contributed by atoms with Crippen LogP contribution >= 0.6 is 11.6 Å². The summed E-state index contributed by atoms with van der Waals surface area (Å²) < 4.78 is 16.0. The van der Waals surface area contributed by atoms with Crippen LogP contribution in [-0.2, 0) is 16.0 Å². The fourth-order valence-electron chi connectivity index (χ4n) is 3.44. The maximum atomic E-state index is 12.7.